The molecule has 5 rings (SSSR count). The normalized spacial score (nSPS) is 14.8. The Kier molecular flexibility index (Phi) is 6.43. The Morgan fingerprint density at radius 1 is 1.00 bits per heavy atom. The largest absolute Gasteiger partial charge is 0.461 e. The molecule has 3 heterocycles. The first kappa shape index (κ1) is 21.7. The molecule has 1 aliphatic rings. The van der Waals surface area contributed by atoms with Gasteiger partial charge in [-0.1, -0.05) is 48.2 Å². The Morgan fingerprint density at radius 2 is 1.82 bits per heavy atom. The third kappa shape index (κ3) is 4.52. The molecule has 170 valence electrons. The van der Waals surface area contributed by atoms with E-state index in [-0.39, 0.29) is 18.3 Å². The van der Waals surface area contributed by atoms with Crippen LogP contribution in [0.5, 0.6) is 0 Å². The molecule has 1 fully saturated rings. The SMILES string of the molecule is O=C(CSc1nnc(-c2ccco2)n1-c1cccc2ccccc12)N1CCN(CCO)CC1. The van der Waals surface area contributed by atoms with Crippen LogP contribution in [0.15, 0.2) is 70.4 Å². The number of piperazine rings is 1. The smallest absolute Gasteiger partial charge is 0.233 e. The highest BCUT2D eigenvalue weighted by Gasteiger charge is 2.24. The molecule has 1 aliphatic heterocycles. The van der Waals surface area contributed by atoms with Crippen molar-refractivity contribution in [2.24, 2.45) is 0 Å². The summed E-state index contributed by atoms with van der Waals surface area (Å²) in [5.41, 5.74) is 0.942. The number of hydrogen-bond donors (Lipinski definition) is 1. The summed E-state index contributed by atoms with van der Waals surface area (Å²) in [6.07, 6.45) is 1.62. The van der Waals surface area contributed by atoms with Gasteiger partial charge in [0, 0.05) is 38.1 Å². The number of aliphatic hydroxyl groups is 1. The van der Waals surface area contributed by atoms with Crippen LogP contribution in [-0.2, 0) is 4.79 Å². The van der Waals surface area contributed by atoms with Gasteiger partial charge in [-0.3, -0.25) is 14.3 Å². The summed E-state index contributed by atoms with van der Waals surface area (Å²) in [5.74, 6) is 1.58. The van der Waals surface area contributed by atoms with Crippen molar-refractivity contribution in [3.05, 3.63) is 60.9 Å². The number of aliphatic hydroxyl groups excluding tert-OH is 1. The van der Waals surface area contributed by atoms with E-state index in [1.807, 2.05) is 45.9 Å². The fraction of sp³-hybridized carbons (Fsp3) is 0.292. The molecule has 0 atom stereocenters. The fourth-order valence-electron chi connectivity index (χ4n) is 4.13. The molecule has 1 amide bonds. The van der Waals surface area contributed by atoms with Crippen molar-refractivity contribution in [1.82, 2.24) is 24.6 Å². The zero-order chi connectivity index (χ0) is 22.6. The highest BCUT2D eigenvalue weighted by atomic mass is 32.2. The van der Waals surface area contributed by atoms with Crippen LogP contribution in [0.3, 0.4) is 0 Å². The molecular weight excluding hydrogens is 438 g/mol. The van der Waals surface area contributed by atoms with Crippen molar-refractivity contribution in [3.8, 4) is 17.3 Å². The number of hydrogen-bond acceptors (Lipinski definition) is 7. The molecule has 2 aromatic heterocycles. The second kappa shape index (κ2) is 9.78. The topological polar surface area (TPSA) is 87.6 Å². The summed E-state index contributed by atoms with van der Waals surface area (Å²) >= 11 is 1.38. The van der Waals surface area contributed by atoms with Crippen LogP contribution in [0.2, 0.25) is 0 Å². The standard InChI is InChI=1S/C24H25N5O3S/c30-15-14-27-10-12-28(13-11-27)22(31)17-33-24-26-25-23(21-9-4-16-32-21)29(24)20-8-3-6-18-5-1-2-7-19(18)20/h1-9,16,30H,10-15,17H2. The number of nitrogens with zero attached hydrogens (tertiary/aromatic N) is 5. The van der Waals surface area contributed by atoms with E-state index in [4.69, 9.17) is 9.52 Å². The second-order valence-corrected chi connectivity index (χ2v) is 8.79. The molecule has 1 saturated heterocycles. The van der Waals surface area contributed by atoms with Gasteiger partial charge in [-0.2, -0.15) is 0 Å². The summed E-state index contributed by atoms with van der Waals surface area (Å²) in [6, 6.07) is 18.0. The molecule has 0 bridgehead atoms. The lowest BCUT2D eigenvalue weighted by molar-refractivity contribution is -0.130. The monoisotopic (exact) mass is 463 g/mol. The fourth-order valence-corrected chi connectivity index (χ4v) is 4.98. The molecule has 1 N–H and O–H groups in total. The number of carbonyl (C=O) groups is 1. The third-order valence-electron chi connectivity index (χ3n) is 5.85. The van der Waals surface area contributed by atoms with E-state index in [2.05, 4.69) is 33.3 Å². The Bertz CT molecular complexity index is 1230. The Hall–Kier alpha value is -3.14. The highest BCUT2D eigenvalue weighted by molar-refractivity contribution is 7.99. The van der Waals surface area contributed by atoms with Crippen LogP contribution >= 0.6 is 11.8 Å². The van der Waals surface area contributed by atoms with Crippen LogP contribution in [0.1, 0.15) is 0 Å². The van der Waals surface area contributed by atoms with Gasteiger partial charge >= 0.3 is 0 Å². The number of furan rings is 1. The summed E-state index contributed by atoms with van der Waals surface area (Å²) in [7, 11) is 0. The second-order valence-electron chi connectivity index (χ2n) is 7.85. The highest BCUT2D eigenvalue weighted by Crippen LogP contribution is 2.32. The van der Waals surface area contributed by atoms with Gasteiger partial charge in [0.1, 0.15) is 0 Å². The Labute approximate surface area is 195 Å². The number of amides is 1. The van der Waals surface area contributed by atoms with Crippen LogP contribution in [-0.4, -0.2) is 80.7 Å². The molecule has 0 saturated carbocycles. The number of thioether (sulfide) groups is 1. The van der Waals surface area contributed by atoms with Crippen molar-refractivity contribution >= 4 is 28.4 Å². The average Bonchev–Trinajstić information content (AvgIpc) is 3.53. The zero-order valence-corrected chi connectivity index (χ0v) is 18.9. The number of benzene rings is 2. The molecule has 2 aromatic carbocycles. The van der Waals surface area contributed by atoms with Crippen molar-refractivity contribution in [2.45, 2.75) is 5.16 Å². The van der Waals surface area contributed by atoms with E-state index < -0.39 is 0 Å². The Balaban J connectivity index is 1.41. The van der Waals surface area contributed by atoms with E-state index in [0.717, 1.165) is 29.5 Å². The third-order valence-corrected chi connectivity index (χ3v) is 6.76. The molecule has 0 unspecified atom stereocenters. The molecule has 33 heavy (non-hydrogen) atoms. The Morgan fingerprint density at radius 3 is 2.61 bits per heavy atom. The van der Waals surface area contributed by atoms with E-state index in [9.17, 15) is 4.79 Å². The number of carbonyl (C=O) groups excluding carboxylic acids is 1. The molecule has 0 radical (unpaired) electrons. The van der Waals surface area contributed by atoms with Crippen molar-refractivity contribution in [2.75, 3.05) is 45.1 Å². The van der Waals surface area contributed by atoms with Gasteiger partial charge in [-0.25, -0.2) is 0 Å². The molecule has 8 nitrogen and oxygen atoms in total. The van der Waals surface area contributed by atoms with Gasteiger partial charge < -0.3 is 14.4 Å². The van der Waals surface area contributed by atoms with Gasteiger partial charge in [0.25, 0.3) is 0 Å². The van der Waals surface area contributed by atoms with Crippen molar-refractivity contribution in [3.63, 3.8) is 0 Å². The minimum atomic E-state index is 0.0793. The van der Waals surface area contributed by atoms with Crippen molar-refractivity contribution in [1.29, 1.82) is 0 Å². The quantitative estimate of drug-likeness (QED) is 0.422. The maximum absolute atomic E-state index is 12.9. The summed E-state index contributed by atoms with van der Waals surface area (Å²) in [4.78, 5) is 16.9. The lowest BCUT2D eigenvalue weighted by Gasteiger charge is -2.34. The van der Waals surface area contributed by atoms with Gasteiger partial charge in [-0.15, -0.1) is 10.2 Å². The first-order valence-electron chi connectivity index (χ1n) is 11.0. The summed E-state index contributed by atoms with van der Waals surface area (Å²) in [5, 5.41) is 20.8. The van der Waals surface area contributed by atoms with Crippen LogP contribution in [0.25, 0.3) is 28.0 Å². The first-order valence-corrected chi connectivity index (χ1v) is 11.9. The summed E-state index contributed by atoms with van der Waals surface area (Å²) in [6.45, 7) is 3.71. The maximum Gasteiger partial charge on any atom is 0.233 e. The molecular formula is C24H25N5O3S. The lowest BCUT2D eigenvalue weighted by atomic mass is 10.1. The maximum atomic E-state index is 12.9. The van der Waals surface area contributed by atoms with Crippen LogP contribution in [0, 0.1) is 0 Å². The van der Waals surface area contributed by atoms with Crippen LogP contribution in [0.4, 0.5) is 0 Å². The van der Waals surface area contributed by atoms with E-state index in [0.29, 0.717) is 36.4 Å². The van der Waals surface area contributed by atoms with Gasteiger partial charge in [0.05, 0.1) is 24.3 Å². The minimum absolute atomic E-state index is 0.0793. The molecule has 0 aliphatic carbocycles. The first-order chi connectivity index (χ1) is 16.2. The minimum Gasteiger partial charge on any atom is -0.461 e. The predicted molar refractivity (Wildman–Crippen MR) is 127 cm³/mol. The number of fused-ring (bicyclic) bond motifs is 1. The van der Waals surface area contributed by atoms with Crippen LogP contribution < -0.4 is 0 Å². The number of rotatable bonds is 7. The molecule has 4 aromatic rings. The van der Waals surface area contributed by atoms with Gasteiger partial charge in [0.15, 0.2) is 10.9 Å². The van der Waals surface area contributed by atoms with E-state index in [1.165, 1.54) is 11.8 Å². The predicted octanol–water partition coefficient (Wildman–Crippen LogP) is 2.91. The molecule has 0 spiro atoms. The number of β-amino-alcohol motifs (C(OH)–C–C–N with tert-alkyl or cyclic N) is 1. The summed E-state index contributed by atoms with van der Waals surface area (Å²) < 4.78 is 7.60. The zero-order valence-electron chi connectivity index (χ0n) is 18.1. The lowest BCUT2D eigenvalue weighted by Crippen LogP contribution is -2.49. The van der Waals surface area contributed by atoms with Gasteiger partial charge in [0.2, 0.25) is 11.7 Å². The number of aromatic nitrogens is 3. The van der Waals surface area contributed by atoms with Gasteiger partial charge in [-0.05, 0) is 23.6 Å². The molecule has 9 heteroatoms. The van der Waals surface area contributed by atoms with Crippen molar-refractivity contribution < 1.29 is 14.3 Å². The van der Waals surface area contributed by atoms with E-state index >= 15 is 0 Å². The average molecular weight is 464 g/mol. The van der Waals surface area contributed by atoms with E-state index in [1.54, 1.807) is 6.26 Å².